The molecule has 0 aliphatic rings. The quantitative estimate of drug-likeness (QED) is 0.298. The summed E-state index contributed by atoms with van der Waals surface area (Å²) in [6, 6.07) is 7.31. The van der Waals surface area contributed by atoms with Gasteiger partial charge in [0.2, 0.25) is 0 Å². The lowest BCUT2D eigenvalue weighted by molar-refractivity contribution is 0.0659. The second kappa shape index (κ2) is 11.5. The topological polar surface area (TPSA) is 118 Å². The Kier molecular flexibility index (Phi) is 8.73. The summed E-state index contributed by atoms with van der Waals surface area (Å²) in [5, 5.41) is 8.11. The molecule has 0 bridgehead atoms. The number of rotatable bonds is 6. The standard InChI is InChI=1S/C21H16BrCl3N6O4/c1-3-7-30(29-21(34)35-2)20(33)12-8-11(23)9-14(25)17(12)27-19(32)15-10-16(22)28-31(15)18-13(24)5-4-6-26-18/h3-6,8-10H,1,7H2,2H3,(H,27,32)(H,29,34). The minimum absolute atomic E-state index is 0.0215. The average molecular weight is 603 g/mol. The van der Waals surface area contributed by atoms with Gasteiger partial charge < -0.3 is 10.1 Å². The Morgan fingerprint density at radius 3 is 2.63 bits per heavy atom. The van der Waals surface area contributed by atoms with Gasteiger partial charge in [-0.2, -0.15) is 5.10 Å². The van der Waals surface area contributed by atoms with Gasteiger partial charge in [0.05, 0.1) is 35.0 Å². The number of hydrogen-bond acceptors (Lipinski definition) is 6. The zero-order valence-corrected chi connectivity index (χ0v) is 21.7. The van der Waals surface area contributed by atoms with Crippen LogP contribution in [0, 0.1) is 0 Å². The molecule has 0 fully saturated rings. The summed E-state index contributed by atoms with van der Waals surface area (Å²) in [7, 11) is 1.14. The third-order valence-corrected chi connectivity index (χ3v) is 5.54. The number of aromatic nitrogens is 3. The number of methoxy groups -OCH3 is 1. The average Bonchev–Trinajstić information content (AvgIpc) is 3.21. The van der Waals surface area contributed by atoms with Crippen LogP contribution in [0.15, 0.2) is 53.8 Å². The number of carbonyl (C=O) groups is 3. The van der Waals surface area contributed by atoms with Crippen LogP contribution in [0.25, 0.3) is 5.82 Å². The molecule has 0 atom stereocenters. The van der Waals surface area contributed by atoms with Gasteiger partial charge in [-0.3, -0.25) is 9.59 Å². The maximum absolute atomic E-state index is 13.3. The zero-order chi connectivity index (χ0) is 25.7. The van der Waals surface area contributed by atoms with Crippen molar-refractivity contribution in [3.05, 3.63) is 80.1 Å². The van der Waals surface area contributed by atoms with Gasteiger partial charge in [-0.25, -0.2) is 24.9 Å². The molecule has 3 aromatic rings. The van der Waals surface area contributed by atoms with E-state index < -0.39 is 17.9 Å². The molecular weight excluding hydrogens is 587 g/mol. The number of ether oxygens (including phenoxy) is 1. The van der Waals surface area contributed by atoms with Crippen molar-refractivity contribution in [2.45, 2.75) is 0 Å². The number of benzene rings is 1. The van der Waals surface area contributed by atoms with Crippen molar-refractivity contribution in [2.24, 2.45) is 0 Å². The van der Waals surface area contributed by atoms with E-state index in [0.29, 0.717) is 4.60 Å². The van der Waals surface area contributed by atoms with E-state index in [2.05, 4.69) is 48.1 Å². The summed E-state index contributed by atoms with van der Waals surface area (Å²) in [5.74, 6) is -1.21. The number of carbonyl (C=O) groups excluding carboxylic acids is 3. The molecule has 3 amide bonds. The number of amides is 3. The Balaban J connectivity index is 2.03. The van der Waals surface area contributed by atoms with Gasteiger partial charge in [-0.05, 0) is 40.2 Å². The highest BCUT2D eigenvalue weighted by Gasteiger charge is 2.26. The lowest BCUT2D eigenvalue weighted by Gasteiger charge is -2.23. The molecule has 35 heavy (non-hydrogen) atoms. The first-order valence-electron chi connectivity index (χ1n) is 9.60. The molecule has 1 aromatic carbocycles. The molecule has 0 aliphatic heterocycles. The van der Waals surface area contributed by atoms with Crippen LogP contribution >= 0.6 is 50.7 Å². The van der Waals surface area contributed by atoms with Crippen molar-refractivity contribution < 1.29 is 19.1 Å². The highest BCUT2D eigenvalue weighted by molar-refractivity contribution is 9.10. The Hall–Kier alpha value is -3.12. The fourth-order valence-corrected chi connectivity index (χ4v) is 3.98. The van der Waals surface area contributed by atoms with Crippen molar-refractivity contribution >= 4 is 74.3 Å². The van der Waals surface area contributed by atoms with Crippen LogP contribution in [0.2, 0.25) is 15.1 Å². The molecule has 0 spiro atoms. The molecule has 14 heteroatoms. The van der Waals surface area contributed by atoms with Crippen molar-refractivity contribution in [3.8, 4) is 5.82 Å². The van der Waals surface area contributed by atoms with E-state index in [0.717, 1.165) is 12.1 Å². The molecule has 2 heterocycles. The molecule has 0 saturated carbocycles. The molecule has 10 nitrogen and oxygen atoms in total. The monoisotopic (exact) mass is 600 g/mol. The van der Waals surface area contributed by atoms with Crippen LogP contribution in [0.5, 0.6) is 0 Å². The number of hydrogen-bond donors (Lipinski definition) is 2. The fraction of sp³-hybridized carbons (Fsp3) is 0.0952. The first-order valence-corrected chi connectivity index (χ1v) is 11.5. The molecular formula is C21H16BrCl3N6O4. The van der Waals surface area contributed by atoms with Crippen molar-refractivity contribution in [3.63, 3.8) is 0 Å². The Morgan fingerprint density at radius 1 is 1.23 bits per heavy atom. The van der Waals surface area contributed by atoms with Gasteiger partial charge in [-0.1, -0.05) is 40.9 Å². The molecule has 3 rings (SSSR count). The van der Waals surface area contributed by atoms with Gasteiger partial charge in [0.25, 0.3) is 11.8 Å². The summed E-state index contributed by atoms with van der Waals surface area (Å²) < 4.78 is 6.12. The first-order chi connectivity index (χ1) is 16.7. The highest BCUT2D eigenvalue weighted by atomic mass is 79.9. The number of hydrazine groups is 1. The third-order valence-electron chi connectivity index (χ3n) is 4.34. The molecule has 0 saturated heterocycles. The molecule has 0 aliphatic carbocycles. The lowest BCUT2D eigenvalue weighted by atomic mass is 10.1. The van der Waals surface area contributed by atoms with E-state index in [9.17, 15) is 14.4 Å². The van der Waals surface area contributed by atoms with E-state index in [4.69, 9.17) is 34.8 Å². The number of halogens is 4. The van der Waals surface area contributed by atoms with Gasteiger partial charge >= 0.3 is 6.09 Å². The minimum atomic E-state index is -0.889. The van der Waals surface area contributed by atoms with E-state index in [1.54, 1.807) is 12.1 Å². The Morgan fingerprint density at radius 2 is 1.97 bits per heavy atom. The maximum Gasteiger partial charge on any atom is 0.425 e. The Labute approximate surface area is 222 Å². The maximum atomic E-state index is 13.3. The van der Waals surface area contributed by atoms with E-state index in [1.807, 2.05) is 0 Å². The summed E-state index contributed by atoms with van der Waals surface area (Å²) in [4.78, 5) is 42.4. The largest absolute Gasteiger partial charge is 0.452 e. The van der Waals surface area contributed by atoms with Crippen LogP contribution in [0.3, 0.4) is 0 Å². The van der Waals surface area contributed by atoms with Crippen LogP contribution < -0.4 is 10.7 Å². The second-order valence-electron chi connectivity index (χ2n) is 6.65. The summed E-state index contributed by atoms with van der Waals surface area (Å²) in [6.07, 6.45) is 1.98. The number of nitrogens with zero attached hydrogens (tertiary/aromatic N) is 4. The van der Waals surface area contributed by atoms with Gasteiger partial charge in [0, 0.05) is 17.3 Å². The van der Waals surface area contributed by atoms with Crippen LogP contribution in [-0.2, 0) is 4.74 Å². The molecule has 0 unspecified atom stereocenters. The first kappa shape index (κ1) is 26.5. The SMILES string of the molecule is C=CCN(NC(=O)OC)C(=O)c1cc(Cl)cc(Cl)c1NC(=O)c1cc(Br)nn1-c1ncccc1Cl. The number of nitrogens with one attached hydrogen (secondary N) is 2. The summed E-state index contributed by atoms with van der Waals surface area (Å²) in [6.45, 7) is 3.48. The van der Waals surface area contributed by atoms with Crippen LogP contribution in [0.1, 0.15) is 20.8 Å². The van der Waals surface area contributed by atoms with Crippen molar-refractivity contribution in [1.29, 1.82) is 0 Å². The van der Waals surface area contributed by atoms with Crippen molar-refractivity contribution in [1.82, 2.24) is 25.2 Å². The normalized spacial score (nSPS) is 10.4. The summed E-state index contributed by atoms with van der Waals surface area (Å²) >= 11 is 21.9. The second-order valence-corrected chi connectivity index (χ2v) is 8.71. The summed E-state index contributed by atoms with van der Waals surface area (Å²) in [5.41, 5.74) is 2.15. The highest BCUT2D eigenvalue weighted by Crippen LogP contribution is 2.32. The molecule has 2 aromatic heterocycles. The van der Waals surface area contributed by atoms with Gasteiger partial charge in [-0.15, -0.1) is 6.58 Å². The van der Waals surface area contributed by atoms with E-state index in [1.165, 1.54) is 35.2 Å². The van der Waals surface area contributed by atoms with E-state index >= 15 is 0 Å². The Bertz CT molecular complexity index is 1320. The predicted octanol–water partition coefficient (Wildman–Crippen LogP) is 5.14. The smallest absolute Gasteiger partial charge is 0.425 e. The molecule has 2 N–H and O–H groups in total. The predicted molar refractivity (Wildman–Crippen MR) is 135 cm³/mol. The lowest BCUT2D eigenvalue weighted by Crippen LogP contribution is -2.46. The molecule has 182 valence electrons. The molecule has 0 radical (unpaired) electrons. The number of anilines is 1. The van der Waals surface area contributed by atoms with E-state index in [-0.39, 0.29) is 44.4 Å². The zero-order valence-electron chi connectivity index (χ0n) is 17.9. The van der Waals surface area contributed by atoms with Crippen LogP contribution in [-0.4, -0.2) is 51.3 Å². The minimum Gasteiger partial charge on any atom is -0.452 e. The van der Waals surface area contributed by atoms with Gasteiger partial charge in [0.15, 0.2) is 5.82 Å². The van der Waals surface area contributed by atoms with Crippen LogP contribution in [0.4, 0.5) is 10.5 Å². The third kappa shape index (κ3) is 6.12. The number of pyridine rings is 1. The van der Waals surface area contributed by atoms with Crippen molar-refractivity contribution in [2.75, 3.05) is 19.0 Å². The van der Waals surface area contributed by atoms with Gasteiger partial charge in [0.1, 0.15) is 10.3 Å². The fourth-order valence-electron chi connectivity index (χ4n) is 2.87.